The number of ether oxygens (including phenoxy) is 2. The van der Waals surface area contributed by atoms with E-state index in [0.29, 0.717) is 13.2 Å². The fourth-order valence-corrected chi connectivity index (χ4v) is 1.79. The Morgan fingerprint density at radius 2 is 2.10 bits per heavy atom. The lowest BCUT2D eigenvalue weighted by Crippen LogP contribution is -2.51. The van der Waals surface area contributed by atoms with Crippen LogP contribution in [0.4, 0.5) is 4.79 Å². The average Bonchev–Trinajstić information content (AvgIpc) is 2.36. The number of hydrogen-bond donors (Lipinski definition) is 2. The van der Waals surface area contributed by atoms with Gasteiger partial charge in [-0.05, 0) is 13.8 Å². The summed E-state index contributed by atoms with van der Waals surface area (Å²) in [7, 11) is 1.29. The molecule has 20 heavy (non-hydrogen) atoms. The predicted octanol–water partition coefficient (Wildman–Crippen LogP) is -0.906. The van der Waals surface area contributed by atoms with Gasteiger partial charge in [0.2, 0.25) is 5.91 Å². The van der Waals surface area contributed by atoms with E-state index in [2.05, 4.69) is 15.4 Å². The first-order valence-electron chi connectivity index (χ1n) is 6.44. The lowest BCUT2D eigenvalue weighted by molar-refractivity contribution is -0.160. The van der Waals surface area contributed by atoms with Crippen molar-refractivity contribution in [3.63, 3.8) is 0 Å². The molecule has 8 heteroatoms. The van der Waals surface area contributed by atoms with Crippen molar-refractivity contribution in [1.82, 2.24) is 15.5 Å². The fourth-order valence-electron chi connectivity index (χ4n) is 1.79. The zero-order valence-electron chi connectivity index (χ0n) is 12.0. The Kier molecular flexibility index (Phi) is 6.40. The number of carbonyl (C=O) groups is 3. The molecule has 0 aromatic carbocycles. The molecule has 0 saturated carbocycles. The van der Waals surface area contributed by atoms with Gasteiger partial charge in [-0.25, -0.2) is 9.59 Å². The Balaban J connectivity index is 2.38. The SMILES string of the molecule is COC(=O)C1CN(CC(=O)NC(=O)NC(C)C)CCO1. The number of esters is 1. The first-order valence-corrected chi connectivity index (χ1v) is 6.44. The summed E-state index contributed by atoms with van der Waals surface area (Å²) in [5.74, 6) is -0.888. The molecule has 114 valence electrons. The van der Waals surface area contributed by atoms with Gasteiger partial charge in [0.25, 0.3) is 0 Å². The Morgan fingerprint density at radius 3 is 2.70 bits per heavy atom. The van der Waals surface area contributed by atoms with Crippen molar-refractivity contribution in [1.29, 1.82) is 0 Å². The number of nitrogens with zero attached hydrogens (tertiary/aromatic N) is 1. The quantitative estimate of drug-likeness (QED) is 0.650. The number of morpholine rings is 1. The molecule has 1 saturated heterocycles. The standard InChI is InChI=1S/C12H21N3O5/c1-8(2)13-12(18)14-10(16)7-15-4-5-20-9(6-15)11(17)19-3/h8-9H,4-7H2,1-3H3,(H2,13,14,16,18). The summed E-state index contributed by atoms with van der Waals surface area (Å²) >= 11 is 0. The minimum atomic E-state index is -0.689. The van der Waals surface area contributed by atoms with Crippen molar-refractivity contribution in [3.8, 4) is 0 Å². The van der Waals surface area contributed by atoms with Crippen LogP contribution in [0.25, 0.3) is 0 Å². The van der Waals surface area contributed by atoms with E-state index in [4.69, 9.17) is 4.74 Å². The van der Waals surface area contributed by atoms with Crippen molar-refractivity contribution in [2.24, 2.45) is 0 Å². The number of hydrogen-bond acceptors (Lipinski definition) is 6. The Hall–Kier alpha value is -1.67. The van der Waals surface area contributed by atoms with Gasteiger partial charge in [-0.15, -0.1) is 0 Å². The molecule has 0 spiro atoms. The molecule has 0 radical (unpaired) electrons. The monoisotopic (exact) mass is 287 g/mol. The molecule has 8 nitrogen and oxygen atoms in total. The van der Waals surface area contributed by atoms with E-state index in [1.54, 1.807) is 18.7 Å². The van der Waals surface area contributed by atoms with E-state index in [9.17, 15) is 14.4 Å². The minimum absolute atomic E-state index is 0.0301. The largest absolute Gasteiger partial charge is 0.467 e. The highest BCUT2D eigenvalue weighted by Crippen LogP contribution is 2.06. The molecule has 1 rings (SSSR count). The summed E-state index contributed by atoms with van der Waals surface area (Å²) < 4.78 is 9.84. The molecule has 0 aliphatic carbocycles. The van der Waals surface area contributed by atoms with Crippen LogP contribution in [0.2, 0.25) is 0 Å². The number of carbonyl (C=O) groups excluding carboxylic acids is 3. The molecule has 3 amide bonds. The van der Waals surface area contributed by atoms with Crippen molar-refractivity contribution in [3.05, 3.63) is 0 Å². The molecule has 0 aromatic heterocycles. The predicted molar refractivity (Wildman–Crippen MR) is 70.0 cm³/mol. The summed E-state index contributed by atoms with van der Waals surface area (Å²) in [6, 6.07) is -0.572. The number of nitrogens with one attached hydrogen (secondary N) is 2. The second kappa shape index (κ2) is 7.81. The van der Waals surface area contributed by atoms with Crippen LogP contribution in [-0.2, 0) is 19.1 Å². The van der Waals surface area contributed by atoms with Gasteiger partial charge in [-0.2, -0.15) is 0 Å². The van der Waals surface area contributed by atoms with Crippen LogP contribution in [0.1, 0.15) is 13.8 Å². The zero-order valence-corrected chi connectivity index (χ0v) is 12.0. The van der Waals surface area contributed by atoms with E-state index in [1.807, 2.05) is 0 Å². The number of urea groups is 1. The van der Waals surface area contributed by atoms with Crippen LogP contribution in [0, 0.1) is 0 Å². The summed E-state index contributed by atoms with van der Waals surface area (Å²) in [5, 5.41) is 4.79. The molecule has 0 aromatic rings. The van der Waals surface area contributed by atoms with E-state index in [0.717, 1.165) is 0 Å². The van der Waals surface area contributed by atoms with Crippen molar-refractivity contribution in [2.75, 3.05) is 33.4 Å². The van der Waals surface area contributed by atoms with Gasteiger partial charge in [-0.1, -0.05) is 0 Å². The van der Waals surface area contributed by atoms with Crippen molar-refractivity contribution in [2.45, 2.75) is 26.0 Å². The lowest BCUT2D eigenvalue weighted by Gasteiger charge is -2.30. The van der Waals surface area contributed by atoms with Gasteiger partial charge >= 0.3 is 12.0 Å². The average molecular weight is 287 g/mol. The highest BCUT2D eigenvalue weighted by atomic mass is 16.6. The van der Waals surface area contributed by atoms with Crippen LogP contribution in [0.3, 0.4) is 0 Å². The topological polar surface area (TPSA) is 97.0 Å². The molecule has 1 fully saturated rings. The molecular weight excluding hydrogens is 266 g/mol. The minimum Gasteiger partial charge on any atom is -0.467 e. The third-order valence-corrected chi connectivity index (χ3v) is 2.65. The molecule has 1 heterocycles. The Bertz CT molecular complexity index is 372. The summed E-state index contributed by atoms with van der Waals surface area (Å²) in [6.07, 6.45) is -0.689. The molecule has 1 atom stereocenters. The molecule has 1 aliphatic heterocycles. The van der Waals surface area contributed by atoms with Crippen molar-refractivity contribution >= 4 is 17.9 Å². The number of amides is 3. The van der Waals surface area contributed by atoms with E-state index < -0.39 is 24.0 Å². The second-order valence-electron chi connectivity index (χ2n) is 4.79. The van der Waals surface area contributed by atoms with Gasteiger partial charge in [-0.3, -0.25) is 15.0 Å². The van der Waals surface area contributed by atoms with E-state index >= 15 is 0 Å². The van der Waals surface area contributed by atoms with Crippen LogP contribution in [-0.4, -0.2) is 68.3 Å². The molecule has 1 unspecified atom stereocenters. The number of imide groups is 1. The highest BCUT2D eigenvalue weighted by Gasteiger charge is 2.28. The number of rotatable bonds is 4. The summed E-state index contributed by atoms with van der Waals surface area (Å²) in [5.41, 5.74) is 0. The maximum absolute atomic E-state index is 11.7. The van der Waals surface area contributed by atoms with Crippen LogP contribution < -0.4 is 10.6 Å². The Morgan fingerprint density at radius 1 is 1.40 bits per heavy atom. The van der Waals surface area contributed by atoms with Gasteiger partial charge < -0.3 is 14.8 Å². The third kappa shape index (κ3) is 5.54. The fraction of sp³-hybridized carbons (Fsp3) is 0.750. The molecule has 1 aliphatic rings. The van der Waals surface area contributed by atoms with E-state index in [-0.39, 0.29) is 19.1 Å². The van der Waals surface area contributed by atoms with Gasteiger partial charge in [0.15, 0.2) is 6.10 Å². The van der Waals surface area contributed by atoms with Crippen LogP contribution in [0.15, 0.2) is 0 Å². The first kappa shape index (κ1) is 16.4. The first-order chi connectivity index (χ1) is 9.42. The van der Waals surface area contributed by atoms with Gasteiger partial charge in [0, 0.05) is 19.1 Å². The van der Waals surface area contributed by atoms with Gasteiger partial charge in [0.05, 0.1) is 20.3 Å². The van der Waals surface area contributed by atoms with Crippen LogP contribution in [0.5, 0.6) is 0 Å². The third-order valence-electron chi connectivity index (χ3n) is 2.65. The normalized spacial score (nSPS) is 19.5. The smallest absolute Gasteiger partial charge is 0.336 e. The Labute approximate surface area is 117 Å². The van der Waals surface area contributed by atoms with Gasteiger partial charge in [0.1, 0.15) is 0 Å². The molecule has 0 bridgehead atoms. The highest BCUT2D eigenvalue weighted by molar-refractivity contribution is 5.95. The summed E-state index contributed by atoms with van der Waals surface area (Å²) in [6.45, 7) is 4.76. The van der Waals surface area contributed by atoms with Crippen LogP contribution >= 0.6 is 0 Å². The maximum atomic E-state index is 11.7. The molecule has 2 N–H and O–H groups in total. The van der Waals surface area contributed by atoms with E-state index in [1.165, 1.54) is 7.11 Å². The number of methoxy groups -OCH3 is 1. The lowest BCUT2D eigenvalue weighted by atomic mass is 10.2. The second-order valence-corrected chi connectivity index (χ2v) is 4.79. The van der Waals surface area contributed by atoms with Crippen molar-refractivity contribution < 1.29 is 23.9 Å². The summed E-state index contributed by atoms with van der Waals surface area (Å²) in [4.78, 5) is 36.1. The molecular formula is C12H21N3O5. The maximum Gasteiger partial charge on any atom is 0.336 e. The zero-order chi connectivity index (χ0) is 15.1.